The third-order valence-corrected chi connectivity index (χ3v) is 4.66. The van der Waals surface area contributed by atoms with Gasteiger partial charge in [0.25, 0.3) is 0 Å². The van der Waals surface area contributed by atoms with Crippen LogP contribution in [0.4, 0.5) is 4.39 Å². The highest BCUT2D eigenvalue weighted by Gasteiger charge is 2.06. The maximum absolute atomic E-state index is 13.3. The Morgan fingerprint density at radius 2 is 2.00 bits per heavy atom. The molecular weight excluding hydrogens is 369 g/mol. The molecule has 0 aliphatic heterocycles. The van der Waals surface area contributed by atoms with Crippen molar-refractivity contribution in [1.82, 2.24) is 14.3 Å². The number of hydrogen-bond donors (Lipinski definition) is 2. The summed E-state index contributed by atoms with van der Waals surface area (Å²) in [6.07, 6.45) is 4.02. The van der Waals surface area contributed by atoms with Gasteiger partial charge in [0.15, 0.2) is 0 Å². The molecule has 2 N–H and O–H groups in total. The molecule has 0 radical (unpaired) electrons. The van der Waals surface area contributed by atoms with Crippen molar-refractivity contribution in [3.05, 3.63) is 83.7 Å². The Morgan fingerprint density at radius 1 is 1.19 bits per heavy atom. The van der Waals surface area contributed by atoms with E-state index in [0.29, 0.717) is 19.5 Å². The van der Waals surface area contributed by atoms with Crippen LogP contribution in [0.25, 0.3) is 0 Å². The van der Waals surface area contributed by atoms with Gasteiger partial charge in [-0.2, -0.15) is 0 Å². The Morgan fingerprint density at radius 3 is 2.81 bits per heavy atom. The van der Waals surface area contributed by atoms with Crippen molar-refractivity contribution in [2.24, 2.45) is 0 Å². The summed E-state index contributed by atoms with van der Waals surface area (Å²) < 4.78 is 35.1. The van der Waals surface area contributed by atoms with Gasteiger partial charge in [0, 0.05) is 31.4 Å². The number of halogens is 1. The standard InChI is InChI=1S/C19H20FN3O3S/c20-17-5-1-3-15(9-17)12-23-14-21-11-18(23)7-8-22-27(25)26-13-16-4-2-6-19(24)10-16/h1-6,9-11,14,22,24H,7-8,12-13H2. The van der Waals surface area contributed by atoms with Gasteiger partial charge < -0.3 is 9.67 Å². The molecule has 3 aromatic rings. The number of nitrogens with zero attached hydrogens (tertiary/aromatic N) is 2. The SMILES string of the molecule is O=S(NCCc1cncn1Cc1cccc(F)c1)OCc1cccc(O)c1. The Kier molecular flexibility index (Phi) is 6.69. The normalized spacial score (nSPS) is 12.2. The number of phenolic OH excluding ortho intramolecular Hbond substituents is 1. The van der Waals surface area contributed by atoms with Crippen LogP contribution in [0, 0.1) is 5.82 Å². The van der Waals surface area contributed by atoms with Gasteiger partial charge in [-0.25, -0.2) is 18.3 Å². The Bertz CT molecular complexity index is 916. The lowest BCUT2D eigenvalue weighted by atomic mass is 10.2. The van der Waals surface area contributed by atoms with Crippen LogP contribution in [-0.4, -0.2) is 25.4 Å². The quantitative estimate of drug-likeness (QED) is 0.590. The third kappa shape index (κ3) is 5.99. The van der Waals surface area contributed by atoms with E-state index in [0.717, 1.165) is 16.8 Å². The molecule has 27 heavy (non-hydrogen) atoms. The van der Waals surface area contributed by atoms with E-state index in [1.165, 1.54) is 12.1 Å². The molecule has 1 aromatic heterocycles. The molecule has 0 aliphatic carbocycles. The zero-order valence-electron chi connectivity index (χ0n) is 14.5. The first kappa shape index (κ1) is 19.2. The minimum Gasteiger partial charge on any atom is -0.508 e. The summed E-state index contributed by atoms with van der Waals surface area (Å²) in [6.45, 7) is 1.08. The summed E-state index contributed by atoms with van der Waals surface area (Å²) in [6, 6.07) is 13.0. The fourth-order valence-electron chi connectivity index (χ4n) is 2.60. The first-order valence-electron chi connectivity index (χ1n) is 8.40. The van der Waals surface area contributed by atoms with E-state index in [2.05, 4.69) is 9.71 Å². The minimum atomic E-state index is -1.65. The van der Waals surface area contributed by atoms with Crippen molar-refractivity contribution in [3.63, 3.8) is 0 Å². The highest BCUT2D eigenvalue weighted by molar-refractivity contribution is 7.78. The lowest BCUT2D eigenvalue weighted by Crippen LogP contribution is -2.22. The second kappa shape index (κ2) is 9.40. The van der Waals surface area contributed by atoms with Crippen LogP contribution in [0.5, 0.6) is 5.75 Å². The second-order valence-electron chi connectivity index (χ2n) is 5.95. The fourth-order valence-corrected chi connectivity index (χ4v) is 3.20. The van der Waals surface area contributed by atoms with E-state index < -0.39 is 11.3 Å². The number of aromatic hydroxyl groups is 1. The smallest absolute Gasteiger partial charge is 0.234 e. The maximum Gasteiger partial charge on any atom is 0.234 e. The van der Waals surface area contributed by atoms with Crippen LogP contribution in [0.1, 0.15) is 16.8 Å². The molecule has 0 aliphatic rings. The molecule has 142 valence electrons. The number of imidazole rings is 1. The van der Waals surface area contributed by atoms with Crippen molar-refractivity contribution < 1.29 is 17.9 Å². The predicted molar refractivity (Wildman–Crippen MR) is 100 cm³/mol. The highest BCUT2D eigenvalue weighted by Crippen LogP contribution is 2.12. The van der Waals surface area contributed by atoms with Crippen LogP contribution >= 0.6 is 0 Å². The van der Waals surface area contributed by atoms with E-state index in [-0.39, 0.29) is 18.2 Å². The number of aromatic nitrogens is 2. The second-order valence-corrected chi connectivity index (χ2v) is 6.95. The summed E-state index contributed by atoms with van der Waals surface area (Å²) >= 11 is -1.65. The van der Waals surface area contributed by atoms with Gasteiger partial charge in [-0.1, -0.05) is 24.3 Å². The van der Waals surface area contributed by atoms with E-state index in [9.17, 15) is 13.7 Å². The lowest BCUT2D eigenvalue weighted by Gasteiger charge is -2.09. The van der Waals surface area contributed by atoms with Gasteiger partial charge in [0.2, 0.25) is 11.3 Å². The molecule has 0 fully saturated rings. The molecule has 1 unspecified atom stereocenters. The molecule has 0 amide bonds. The largest absolute Gasteiger partial charge is 0.508 e. The maximum atomic E-state index is 13.3. The van der Waals surface area contributed by atoms with E-state index in [1.54, 1.807) is 42.9 Å². The summed E-state index contributed by atoms with van der Waals surface area (Å²) in [5, 5.41) is 9.40. The molecule has 2 aromatic carbocycles. The summed E-state index contributed by atoms with van der Waals surface area (Å²) in [7, 11) is 0. The number of hydrogen-bond acceptors (Lipinski definition) is 4. The molecule has 3 rings (SSSR count). The summed E-state index contributed by atoms with van der Waals surface area (Å²) in [4.78, 5) is 4.13. The average molecular weight is 389 g/mol. The molecule has 6 nitrogen and oxygen atoms in total. The third-order valence-electron chi connectivity index (χ3n) is 3.88. The van der Waals surface area contributed by atoms with E-state index in [4.69, 9.17) is 4.18 Å². The summed E-state index contributed by atoms with van der Waals surface area (Å²) in [5.74, 6) is -0.128. The molecule has 8 heteroatoms. The molecule has 0 saturated carbocycles. The van der Waals surface area contributed by atoms with Crippen LogP contribution in [-0.2, 0) is 35.0 Å². The van der Waals surface area contributed by atoms with Gasteiger partial charge in [0.05, 0.1) is 12.9 Å². The molecule has 1 atom stereocenters. The minimum absolute atomic E-state index is 0.130. The van der Waals surface area contributed by atoms with Crippen molar-refractivity contribution in [2.75, 3.05) is 6.54 Å². The van der Waals surface area contributed by atoms with Gasteiger partial charge in [-0.15, -0.1) is 0 Å². The van der Waals surface area contributed by atoms with E-state index >= 15 is 0 Å². The van der Waals surface area contributed by atoms with Gasteiger partial charge in [-0.05, 0) is 35.4 Å². The fraction of sp³-hybridized carbons (Fsp3) is 0.211. The number of nitrogens with one attached hydrogen (secondary N) is 1. The highest BCUT2D eigenvalue weighted by atomic mass is 32.2. The van der Waals surface area contributed by atoms with Gasteiger partial charge in [-0.3, -0.25) is 4.18 Å². The Balaban J connectivity index is 1.45. The molecule has 1 heterocycles. The zero-order chi connectivity index (χ0) is 19.1. The van der Waals surface area contributed by atoms with Crippen LogP contribution < -0.4 is 4.72 Å². The van der Waals surface area contributed by atoms with E-state index in [1.807, 2.05) is 10.6 Å². The monoisotopic (exact) mass is 389 g/mol. The van der Waals surface area contributed by atoms with Crippen LogP contribution in [0.15, 0.2) is 61.1 Å². The molecule has 0 saturated heterocycles. The number of rotatable bonds is 9. The van der Waals surface area contributed by atoms with Crippen molar-refractivity contribution in [3.8, 4) is 5.75 Å². The Labute approximate surface area is 159 Å². The topological polar surface area (TPSA) is 76.4 Å². The first-order chi connectivity index (χ1) is 13.1. The molecular formula is C19H20FN3O3S. The molecule has 0 bridgehead atoms. The molecule has 0 spiro atoms. The number of phenols is 1. The first-order valence-corrected chi connectivity index (χ1v) is 9.47. The lowest BCUT2D eigenvalue weighted by molar-refractivity contribution is 0.330. The van der Waals surface area contributed by atoms with Crippen molar-refractivity contribution in [2.45, 2.75) is 19.6 Å². The Hall–Kier alpha value is -2.55. The van der Waals surface area contributed by atoms with Gasteiger partial charge in [0.1, 0.15) is 11.6 Å². The number of benzene rings is 2. The predicted octanol–water partition coefficient (Wildman–Crippen LogP) is 2.70. The summed E-state index contributed by atoms with van der Waals surface area (Å²) in [5.41, 5.74) is 2.52. The van der Waals surface area contributed by atoms with Crippen LogP contribution in [0.3, 0.4) is 0 Å². The van der Waals surface area contributed by atoms with Crippen molar-refractivity contribution in [1.29, 1.82) is 0 Å². The zero-order valence-corrected chi connectivity index (χ0v) is 15.4. The average Bonchev–Trinajstić information content (AvgIpc) is 3.07. The van der Waals surface area contributed by atoms with Crippen LogP contribution in [0.2, 0.25) is 0 Å². The van der Waals surface area contributed by atoms with Crippen molar-refractivity contribution >= 4 is 11.3 Å². The van der Waals surface area contributed by atoms with Gasteiger partial charge >= 0.3 is 0 Å².